The van der Waals surface area contributed by atoms with E-state index in [-0.39, 0.29) is 0 Å². The number of nitrogens with zero attached hydrogens (tertiary/aromatic N) is 2. The Morgan fingerprint density at radius 1 is 1.75 bits per heavy atom. The fourth-order valence-electron chi connectivity index (χ4n) is 0.395. The Morgan fingerprint density at radius 2 is 2.62 bits per heavy atom. The first-order valence-electron chi connectivity index (χ1n) is 2.19. The Hall–Kier alpha value is -1.25. The number of imidazole rings is 1. The molecule has 1 aromatic heterocycles. The minimum atomic E-state index is 1.34. The summed E-state index contributed by atoms with van der Waals surface area (Å²) in [7, 11) is 0. The summed E-state index contributed by atoms with van der Waals surface area (Å²) in [5, 5.41) is 0. The highest BCUT2D eigenvalue weighted by Crippen LogP contribution is 1.78. The number of hydrogen-bond donors (Lipinski definition) is 0. The van der Waals surface area contributed by atoms with Crippen LogP contribution in [0.15, 0.2) is 31.6 Å². The molecule has 0 aliphatic heterocycles. The molecule has 3 nitrogen and oxygen atoms in total. The average molecular weight is 110 g/mol. The molecular formula is C5H6N2O. The van der Waals surface area contributed by atoms with E-state index in [9.17, 15) is 0 Å². The summed E-state index contributed by atoms with van der Waals surface area (Å²) in [4.78, 5) is 8.49. The third-order valence-electron chi connectivity index (χ3n) is 0.676. The molecule has 8 heavy (non-hydrogen) atoms. The van der Waals surface area contributed by atoms with Crippen LogP contribution in [0.2, 0.25) is 0 Å². The van der Waals surface area contributed by atoms with Gasteiger partial charge in [0.1, 0.15) is 12.6 Å². The van der Waals surface area contributed by atoms with Crippen LogP contribution in [0.1, 0.15) is 0 Å². The predicted octanol–water partition coefficient (Wildman–Crippen LogP) is 0.455. The van der Waals surface area contributed by atoms with E-state index in [0.717, 1.165) is 0 Å². The molecule has 0 radical (unpaired) electrons. The van der Waals surface area contributed by atoms with Crippen molar-refractivity contribution in [1.82, 2.24) is 9.71 Å². The van der Waals surface area contributed by atoms with Gasteiger partial charge in [-0.2, -0.15) is 4.73 Å². The van der Waals surface area contributed by atoms with Gasteiger partial charge < -0.3 is 4.84 Å². The van der Waals surface area contributed by atoms with E-state index in [1.54, 1.807) is 18.7 Å². The maximum atomic E-state index is 4.76. The van der Waals surface area contributed by atoms with E-state index in [1.807, 2.05) is 0 Å². The van der Waals surface area contributed by atoms with Crippen molar-refractivity contribution in [3.63, 3.8) is 0 Å². The zero-order valence-corrected chi connectivity index (χ0v) is 4.32. The fourth-order valence-corrected chi connectivity index (χ4v) is 0.395. The van der Waals surface area contributed by atoms with Gasteiger partial charge in [-0.25, -0.2) is 4.98 Å². The predicted molar refractivity (Wildman–Crippen MR) is 29.0 cm³/mol. The fraction of sp³-hybridized carbons (Fsp3) is 0. The summed E-state index contributed by atoms with van der Waals surface area (Å²) < 4.78 is 1.45. The molecule has 0 N–H and O–H groups in total. The molecule has 0 saturated heterocycles. The number of rotatable bonds is 2. The monoisotopic (exact) mass is 110 g/mol. The third-order valence-corrected chi connectivity index (χ3v) is 0.676. The summed E-state index contributed by atoms with van der Waals surface area (Å²) in [6, 6.07) is 0. The first-order chi connectivity index (χ1) is 3.93. The zero-order chi connectivity index (χ0) is 5.82. The molecule has 0 aliphatic carbocycles. The molecule has 0 atom stereocenters. The number of aromatic nitrogens is 2. The number of hydrogen-bond acceptors (Lipinski definition) is 2. The smallest absolute Gasteiger partial charge is 0.132 e. The van der Waals surface area contributed by atoms with Gasteiger partial charge in [0.05, 0.1) is 6.20 Å². The highest BCUT2D eigenvalue weighted by Gasteiger charge is 1.79. The van der Waals surface area contributed by atoms with Gasteiger partial charge in [0.2, 0.25) is 0 Å². The lowest BCUT2D eigenvalue weighted by atomic mass is 11.0. The van der Waals surface area contributed by atoms with E-state index in [0.29, 0.717) is 0 Å². The first-order valence-corrected chi connectivity index (χ1v) is 2.19. The second-order valence-electron chi connectivity index (χ2n) is 1.19. The summed E-state index contributed by atoms with van der Waals surface area (Å²) in [5.74, 6) is 0. The molecule has 0 spiro atoms. The molecule has 1 aromatic rings. The van der Waals surface area contributed by atoms with Crippen LogP contribution in [0.3, 0.4) is 0 Å². The van der Waals surface area contributed by atoms with Crippen LogP contribution in [-0.4, -0.2) is 9.71 Å². The summed E-state index contributed by atoms with van der Waals surface area (Å²) in [5.41, 5.74) is 0. The van der Waals surface area contributed by atoms with E-state index in [2.05, 4.69) is 11.6 Å². The Balaban J connectivity index is 2.62. The van der Waals surface area contributed by atoms with Crippen molar-refractivity contribution in [3.05, 3.63) is 31.6 Å². The molecule has 0 bridgehead atoms. The summed E-state index contributed by atoms with van der Waals surface area (Å²) in [6.45, 7) is 3.36. The van der Waals surface area contributed by atoms with E-state index < -0.39 is 0 Å². The van der Waals surface area contributed by atoms with Crippen LogP contribution in [0.25, 0.3) is 0 Å². The van der Waals surface area contributed by atoms with Crippen LogP contribution in [0, 0.1) is 0 Å². The normalized spacial score (nSPS) is 8.50. The lowest BCUT2D eigenvalue weighted by Crippen LogP contribution is -1.99. The molecule has 0 saturated carbocycles. The second kappa shape index (κ2) is 2.16. The lowest BCUT2D eigenvalue weighted by molar-refractivity contribution is 0.213. The second-order valence-corrected chi connectivity index (χ2v) is 1.19. The average Bonchev–Trinajstić information content (AvgIpc) is 2.19. The van der Waals surface area contributed by atoms with Gasteiger partial charge >= 0.3 is 0 Å². The van der Waals surface area contributed by atoms with Gasteiger partial charge in [-0.15, -0.1) is 0 Å². The van der Waals surface area contributed by atoms with Crippen molar-refractivity contribution >= 4 is 0 Å². The van der Waals surface area contributed by atoms with E-state index in [1.165, 1.54) is 11.0 Å². The van der Waals surface area contributed by atoms with Gasteiger partial charge in [0.25, 0.3) is 0 Å². The van der Waals surface area contributed by atoms with Crippen LogP contribution >= 0.6 is 0 Å². The molecule has 1 rings (SSSR count). The van der Waals surface area contributed by atoms with Crippen molar-refractivity contribution in [1.29, 1.82) is 0 Å². The van der Waals surface area contributed by atoms with E-state index in [4.69, 9.17) is 4.84 Å². The maximum Gasteiger partial charge on any atom is 0.132 e. The first kappa shape index (κ1) is 4.90. The zero-order valence-electron chi connectivity index (χ0n) is 4.32. The van der Waals surface area contributed by atoms with Crippen molar-refractivity contribution in [2.75, 3.05) is 0 Å². The van der Waals surface area contributed by atoms with Crippen LogP contribution < -0.4 is 4.84 Å². The molecular weight excluding hydrogens is 104 g/mol. The Morgan fingerprint density at radius 3 is 3.12 bits per heavy atom. The largest absolute Gasteiger partial charge is 0.383 e. The molecule has 42 valence electrons. The van der Waals surface area contributed by atoms with Gasteiger partial charge in [0.15, 0.2) is 0 Å². The van der Waals surface area contributed by atoms with Crippen molar-refractivity contribution < 1.29 is 4.84 Å². The van der Waals surface area contributed by atoms with E-state index >= 15 is 0 Å². The Kier molecular flexibility index (Phi) is 1.32. The molecule has 0 unspecified atom stereocenters. The molecule has 0 amide bonds. The minimum absolute atomic E-state index is 1.34. The standard InChI is InChI=1S/C5H6N2O/c1-2-8-7-4-3-6-5-7/h2-5H,1H2. The molecule has 1 heterocycles. The highest BCUT2D eigenvalue weighted by molar-refractivity contribution is 4.70. The van der Waals surface area contributed by atoms with Crippen molar-refractivity contribution in [2.45, 2.75) is 0 Å². The summed E-state index contributed by atoms with van der Waals surface area (Å²) >= 11 is 0. The Labute approximate surface area is 47.2 Å². The van der Waals surface area contributed by atoms with Crippen LogP contribution in [0.5, 0.6) is 0 Å². The molecule has 0 aliphatic rings. The lowest BCUT2D eigenvalue weighted by Gasteiger charge is -1.93. The van der Waals surface area contributed by atoms with Crippen LogP contribution in [-0.2, 0) is 0 Å². The molecule has 0 fully saturated rings. The molecule has 0 aromatic carbocycles. The summed E-state index contributed by atoms with van der Waals surface area (Å²) in [6.07, 6.45) is 6.19. The molecule has 3 heteroatoms. The van der Waals surface area contributed by atoms with Crippen molar-refractivity contribution in [2.24, 2.45) is 0 Å². The van der Waals surface area contributed by atoms with Gasteiger partial charge in [0, 0.05) is 6.20 Å². The highest BCUT2D eigenvalue weighted by atomic mass is 16.6. The Bertz CT molecular complexity index is 157. The van der Waals surface area contributed by atoms with Gasteiger partial charge in [-0.05, 0) is 0 Å². The van der Waals surface area contributed by atoms with Crippen molar-refractivity contribution in [3.8, 4) is 0 Å². The quantitative estimate of drug-likeness (QED) is 0.517. The van der Waals surface area contributed by atoms with Gasteiger partial charge in [-0.1, -0.05) is 6.58 Å². The van der Waals surface area contributed by atoms with Crippen LogP contribution in [0.4, 0.5) is 0 Å². The maximum absolute atomic E-state index is 4.76. The third kappa shape index (κ3) is 0.872. The van der Waals surface area contributed by atoms with Gasteiger partial charge in [-0.3, -0.25) is 0 Å². The minimum Gasteiger partial charge on any atom is -0.383 e. The topological polar surface area (TPSA) is 27.1 Å². The SMILES string of the molecule is C=COn1ccnc1.